The summed E-state index contributed by atoms with van der Waals surface area (Å²) in [5.41, 5.74) is 5.74. The van der Waals surface area contributed by atoms with E-state index in [9.17, 15) is 23.1 Å². The average molecular weight is 544 g/mol. The molecule has 11 heteroatoms. The Bertz CT molecular complexity index is 701. The average Bonchev–Trinajstić information content (AvgIpc) is 2.64. The van der Waals surface area contributed by atoms with E-state index in [-0.39, 0.29) is 48.1 Å². The summed E-state index contributed by atoms with van der Waals surface area (Å²) in [6, 6.07) is 5.05. The van der Waals surface area contributed by atoms with Crippen molar-refractivity contribution in [1.29, 1.82) is 0 Å². The van der Waals surface area contributed by atoms with Gasteiger partial charge in [0, 0.05) is 26.1 Å². The fourth-order valence-corrected chi connectivity index (χ4v) is 3.30. The second kappa shape index (κ2) is 12.2. The fraction of sp³-hybridized carbons (Fsp3) is 0.579. The topological polar surface area (TPSA) is 100 Å². The number of benzene rings is 1. The molecule has 0 radical (unpaired) electrons. The third-order valence-electron chi connectivity index (χ3n) is 4.56. The molecule has 1 aliphatic rings. The Hall–Kier alpha value is -1.76. The van der Waals surface area contributed by atoms with Gasteiger partial charge in [-0.3, -0.25) is 9.79 Å². The quantitative estimate of drug-likeness (QED) is 0.279. The van der Waals surface area contributed by atoms with E-state index in [1.807, 2.05) is 11.8 Å². The number of aliphatic hydroxyl groups is 1. The van der Waals surface area contributed by atoms with Gasteiger partial charge in [0.15, 0.2) is 5.96 Å². The van der Waals surface area contributed by atoms with Crippen molar-refractivity contribution in [2.24, 2.45) is 16.6 Å². The summed E-state index contributed by atoms with van der Waals surface area (Å²) in [7, 11) is 0. The molecular formula is C19H28F3IN4O3. The van der Waals surface area contributed by atoms with Crippen molar-refractivity contribution < 1.29 is 27.8 Å². The van der Waals surface area contributed by atoms with Crippen molar-refractivity contribution in [1.82, 2.24) is 10.2 Å². The number of primary amides is 1. The molecule has 0 spiro atoms. The van der Waals surface area contributed by atoms with Crippen LogP contribution in [0, 0.1) is 5.92 Å². The van der Waals surface area contributed by atoms with E-state index in [0.717, 1.165) is 31.5 Å². The third-order valence-corrected chi connectivity index (χ3v) is 4.56. The predicted molar refractivity (Wildman–Crippen MR) is 118 cm³/mol. The van der Waals surface area contributed by atoms with Crippen LogP contribution in [0.5, 0.6) is 5.75 Å². The lowest BCUT2D eigenvalue weighted by Gasteiger charge is -2.34. The first kappa shape index (κ1) is 26.3. The number of guanidine groups is 1. The molecule has 1 saturated heterocycles. The molecule has 0 bridgehead atoms. The Morgan fingerprint density at radius 2 is 2.07 bits per heavy atom. The van der Waals surface area contributed by atoms with Crippen LogP contribution >= 0.6 is 24.0 Å². The van der Waals surface area contributed by atoms with Crippen LogP contribution in [0.25, 0.3) is 0 Å². The number of aliphatic hydroxyl groups excluding tert-OH is 1. The summed E-state index contributed by atoms with van der Waals surface area (Å²) in [4.78, 5) is 17.7. The smallest absolute Gasteiger partial charge is 0.406 e. The number of amides is 1. The number of nitrogens with one attached hydrogen (secondary N) is 1. The van der Waals surface area contributed by atoms with Gasteiger partial charge >= 0.3 is 6.36 Å². The largest absolute Gasteiger partial charge is 0.573 e. The minimum absolute atomic E-state index is 0. The number of rotatable bonds is 7. The molecule has 1 aromatic carbocycles. The van der Waals surface area contributed by atoms with Crippen LogP contribution in [0.1, 0.15) is 37.9 Å². The minimum Gasteiger partial charge on any atom is -0.406 e. The zero-order valence-electron chi connectivity index (χ0n) is 16.7. The number of aliphatic imine (C=N–C) groups is 1. The molecule has 170 valence electrons. The van der Waals surface area contributed by atoms with Gasteiger partial charge in [0.05, 0.1) is 12.6 Å². The summed E-state index contributed by atoms with van der Waals surface area (Å²) < 4.78 is 40.5. The van der Waals surface area contributed by atoms with Crippen LogP contribution in [-0.4, -0.2) is 54.4 Å². The van der Waals surface area contributed by atoms with E-state index in [1.54, 1.807) is 0 Å². The van der Waals surface area contributed by atoms with Gasteiger partial charge in [0.2, 0.25) is 5.91 Å². The van der Waals surface area contributed by atoms with E-state index in [2.05, 4.69) is 15.0 Å². The molecule has 2 rings (SSSR count). The summed E-state index contributed by atoms with van der Waals surface area (Å²) in [5, 5.41) is 13.5. The Labute approximate surface area is 190 Å². The highest BCUT2D eigenvalue weighted by Gasteiger charge is 2.31. The number of carbonyl (C=O) groups is 1. The van der Waals surface area contributed by atoms with Crippen molar-refractivity contribution in [2.45, 2.75) is 38.7 Å². The fourth-order valence-electron chi connectivity index (χ4n) is 3.30. The monoisotopic (exact) mass is 544 g/mol. The lowest BCUT2D eigenvalue weighted by atomic mass is 9.95. The van der Waals surface area contributed by atoms with Gasteiger partial charge in [-0.2, -0.15) is 0 Å². The van der Waals surface area contributed by atoms with E-state index in [1.165, 1.54) is 12.1 Å². The standard InChI is InChI=1S/C19H27F3N4O3.HI/c1-2-24-18(26-9-3-4-13(12-26)10-17(23)28)25-11-16(27)14-5-7-15(8-6-14)29-19(20,21)22;/h5-8,13,16,27H,2-4,9-12H2,1H3,(H2,23,28)(H,24,25);1H. The SMILES string of the molecule is CCNC(=NCC(O)c1ccc(OC(F)(F)F)cc1)N1CCCC(CC(N)=O)C1.I. The zero-order valence-corrected chi connectivity index (χ0v) is 19.0. The van der Waals surface area contributed by atoms with Crippen molar-refractivity contribution in [3.8, 4) is 5.75 Å². The van der Waals surface area contributed by atoms with Gasteiger partial charge in [0.25, 0.3) is 0 Å². The van der Waals surface area contributed by atoms with Gasteiger partial charge in [-0.05, 0) is 43.4 Å². The molecule has 7 nitrogen and oxygen atoms in total. The number of nitrogens with zero attached hydrogens (tertiary/aromatic N) is 2. The van der Waals surface area contributed by atoms with Gasteiger partial charge in [-0.25, -0.2) is 0 Å². The number of hydrogen-bond acceptors (Lipinski definition) is 4. The van der Waals surface area contributed by atoms with Gasteiger partial charge < -0.3 is 25.8 Å². The molecule has 0 aromatic heterocycles. The van der Waals surface area contributed by atoms with E-state index in [0.29, 0.717) is 31.0 Å². The van der Waals surface area contributed by atoms with Crippen molar-refractivity contribution in [3.05, 3.63) is 29.8 Å². The number of ether oxygens (including phenoxy) is 1. The lowest BCUT2D eigenvalue weighted by Crippen LogP contribution is -2.47. The number of halogens is 4. The van der Waals surface area contributed by atoms with Crippen molar-refractivity contribution in [3.63, 3.8) is 0 Å². The van der Waals surface area contributed by atoms with Crippen LogP contribution < -0.4 is 15.8 Å². The number of likely N-dealkylation sites (tertiary alicyclic amines) is 1. The van der Waals surface area contributed by atoms with E-state index in [4.69, 9.17) is 5.73 Å². The summed E-state index contributed by atoms with van der Waals surface area (Å²) in [5.74, 6) is 0.111. The number of hydrogen-bond donors (Lipinski definition) is 3. The second-order valence-electron chi connectivity index (χ2n) is 6.95. The molecule has 0 saturated carbocycles. The van der Waals surface area contributed by atoms with Crippen LogP contribution in [0.3, 0.4) is 0 Å². The summed E-state index contributed by atoms with van der Waals surface area (Å²) in [6.45, 7) is 4.03. The highest BCUT2D eigenvalue weighted by atomic mass is 127. The van der Waals surface area contributed by atoms with Crippen LogP contribution in [0.2, 0.25) is 0 Å². The molecule has 1 amide bonds. The Morgan fingerprint density at radius 1 is 1.40 bits per heavy atom. The van der Waals surface area contributed by atoms with Crippen LogP contribution in [0.4, 0.5) is 13.2 Å². The zero-order chi connectivity index (χ0) is 21.4. The minimum atomic E-state index is -4.76. The second-order valence-corrected chi connectivity index (χ2v) is 6.95. The first-order chi connectivity index (χ1) is 13.7. The molecule has 2 unspecified atom stereocenters. The van der Waals surface area contributed by atoms with Crippen molar-refractivity contribution in [2.75, 3.05) is 26.2 Å². The van der Waals surface area contributed by atoms with Gasteiger partial charge in [-0.1, -0.05) is 12.1 Å². The normalized spacial score (nSPS) is 18.4. The Balaban J connectivity index is 0.00000450. The Morgan fingerprint density at radius 3 is 2.63 bits per heavy atom. The first-order valence-electron chi connectivity index (χ1n) is 9.53. The summed E-state index contributed by atoms with van der Waals surface area (Å²) in [6.07, 6.45) is -3.58. The molecule has 30 heavy (non-hydrogen) atoms. The highest BCUT2D eigenvalue weighted by Crippen LogP contribution is 2.25. The molecule has 1 aliphatic heterocycles. The van der Waals surface area contributed by atoms with E-state index < -0.39 is 12.5 Å². The highest BCUT2D eigenvalue weighted by molar-refractivity contribution is 14.0. The maximum absolute atomic E-state index is 12.2. The number of alkyl halides is 3. The first-order valence-corrected chi connectivity index (χ1v) is 9.53. The number of piperidine rings is 1. The molecule has 1 fully saturated rings. The third kappa shape index (κ3) is 8.94. The maximum Gasteiger partial charge on any atom is 0.573 e. The summed E-state index contributed by atoms with van der Waals surface area (Å²) >= 11 is 0. The lowest BCUT2D eigenvalue weighted by molar-refractivity contribution is -0.274. The number of nitrogens with two attached hydrogens (primary N) is 1. The molecule has 0 aliphatic carbocycles. The Kier molecular flexibility index (Phi) is 10.7. The van der Waals surface area contributed by atoms with Crippen LogP contribution in [0.15, 0.2) is 29.3 Å². The predicted octanol–water partition coefficient (Wildman–Crippen LogP) is 2.79. The van der Waals surface area contributed by atoms with Crippen LogP contribution in [-0.2, 0) is 4.79 Å². The molecule has 1 aromatic rings. The molecular weight excluding hydrogens is 516 g/mol. The maximum atomic E-state index is 12.2. The molecule has 1 heterocycles. The number of carbonyl (C=O) groups excluding carboxylic acids is 1. The van der Waals surface area contributed by atoms with E-state index >= 15 is 0 Å². The molecule has 4 N–H and O–H groups in total. The van der Waals surface area contributed by atoms with Crippen molar-refractivity contribution >= 4 is 35.8 Å². The molecule has 2 atom stereocenters. The van der Waals surface area contributed by atoms with Gasteiger partial charge in [0.1, 0.15) is 5.75 Å². The van der Waals surface area contributed by atoms with Gasteiger partial charge in [-0.15, -0.1) is 37.1 Å².